The van der Waals surface area contributed by atoms with Gasteiger partial charge in [-0.2, -0.15) is 0 Å². The lowest BCUT2D eigenvalue weighted by molar-refractivity contribution is -0.140. The largest absolute Gasteiger partial charge is 0.507 e. The lowest BCUT2D eigenvalue weighted by Crippen LogP contribution is -2.29. The molecule has 1 N–H and O–H groups in total. The van der Waals surface area contributed by atoms with Gasteiger partial charge < -0.3 is 14.7 Å². The lowest BCUT2D eigenvalue weighted by atomic mass is 9.93. The normalized spacial score (nSPS) is 17.5. The van der Waals surface area contributed by atoms with Crippen molar-refractivity contribution in [1.29, 1.82) is 0 Å². The summed E-state index contributed by atoms with van der Waals surface area (Å²) in [7, 11) is 1.54. The lowest BCUT2D eigenvalue weighted by Gasteiger charge is -2.26. The first-order chi connectivity index (χ1) is 15.8. The Bertz CT molecular complexity index is 1270. The summed E-state index contributed by atoms with van der Waals surface area (Å²) in [4.78, 5) is 31.8. The third-order valence-corrected chi connectivity index (χ3v) is 6.12. The molecular formula is C25H20Cl2N2O4. The van der Waals surface area contributed by atoms with Gasteiger partial charge in [-0.05, 0) is 60.0 Å². The number of nitrogens with zero attached hydrogens (tertiary/aromatic N) is 2. The predicted octanol–water partition coefficient (Wildman–Crippen LogP) is 5.33. The summed E-state index contributed by atoms with van der Waals surface area (Å²) in [5, 5.41) is 12.0. The molecule has 8 heteroatoms. The first-order valence-electron chi connectivity index (χ1n) is 10.1. The summed E-state index contributed by atoms with van der Waals surface area (Å²) in [6, 6.07) is 12.5. The van der Waals surface area contributed by atoms with Crippen molar-refractivity contribution in [2.75, 3.05) is 7.11 Å². The van der Waals surface area contributed by atoms with Crippen LogP contribution < -0.4 is 4.74 Å². The average Bonchev–Trinajstić information content (AvgIpc) is 3.04. The molecule has 1 aromatic heterocycles. The highest BCUT2D eigenvalue weighted by Gasteiger charge is 2.46. The second-order valence-electron chi connectivity index (χ2n) is 7.63. The smallest absolute Gasteiger partial charge is 0.295 e. The van der Waals surface area contributed by atoms with E-state index in [1.165, 1.54) is 4.90 Å². The monoisotopic (exact) mass is 482 g/mol. The van der Waals surface area contributed by atoms with Crippen LogP contribution in [0, 0.1) is 6.92 Å². The van der Waals surface area contributed by atoms with E-state index in [-0.39, 0.29) is 22.9 Å². The number of likely N-dealkylation sites (tertiary alicyclic amines) is 1. The molecule has 1 atom stereocenters. The number of benzene rings is 2. The summed E-state index contributed by atoms with van der Waals surface area (Å²) in [6.07, 6.45) is 3.24. The van der Waals surface area contributed by atoms with Gasteiger partial charge in [0.05, 0.1) is 18.7 Å². The van der Waals surface area contributed by atoms with Gasteiger partial charge in [-0.15, -0.1) is 0 Å². The fourth-order valence-electron chi connectivity index (χ4n) is 3.95. The number of carbonyl (C=O) groups excluding carboxylic acids is 2. The van der Waals surface area contributed by atoms with E-state index in [0.717, 1.165) is 5.56 Å². The number of aliphatic hydroxyl groups is 1. The number of halogens is 2. The molecule has 33 heavy (non-hydrogen) atoms. The number of Topliss-reactive ketones (excluding diaryl/α,β-unsaturated/α-hetero) is 1. The van der Waals surface area contributed by atoms with E-state index in [1.54, 1.807) is 75.0 Å². The molecule has 1 unspecified atom stereocenters. The van der Waals surface area contributed by atoms with Crippen molar-refractivity contribution in [2.24, 2.45) is 0 Å². The van der Waals surface area contributed by atoms with Gasteiger partial charge in [-0.1, -0.05) is 35.3 Å². The maximum atomic E-state index is 13.2. The first kappa shape index (κ1) is 22.8. The van der Waals surface area contributed by atoms with Crippen LogP contribution in [0.25, 0.3) is 5.76 Å². The van der Waals surface area contributed by atoms with Gasteiger partial charge in [0.2, 0.25) is 0 Å². The van der Waals surface area contributed by atoms with Crippen LogP contribution >= 0.6 is 23.2 Å². The number of aromatic nitrogens is 1. The molecule has 0 saturated carbocycles. The number of rotatable bonds is 5. The molecule has 1 fully saturated rings. The number of ketones is 1. The zero-order valence-electron chi connectivity index (χ0n) is 17.9. The van der Waals surface area contributed by atoms with Crippen LogP contribution in [0.15, 0.2) is 66.5 Å². The van der Waals surface area contributed by atoms with Gasteiger partial charge in [0.1, 0.15) is 11.5 Å². The summed E-state index contributed by atoms with van der Waals surface area (Å²) >= 11 is 12.6. The highest BCUT2D eigenvalue weighted by atomic mass is 35.5. The number of amides is 1. The summed E-state index contributed by atoms with van der Waals surface area (Å²) in [5.74, 6) is -1.19. The maximum absolute atomic E-state index is 13.2. The van der Waals surface area contributed by atoms with Gasteiger partial charge >= 0.3 is 0 Å². The minimum atomic E-state index is -0.906. The average molecular weight is 483 g/mol. The fourth-order valence-corrected chi connectivity index (χ4v) is 4.46. The standard InChI is InChI=1S/C25H20Cl2N2O4/c1-14-10-17(33-2)6-8-18(14)23(30)21-22(19-7-5-16(26)11-20(19)27)29(25(32)24(21)31)13-15-4-3-9-28-12-15/h3-12,22,30H,13H2,1-2H3/b23-21+. The molecule has 1 aliphatic heterocycles. The molecule has 3 aromatic rings. The van der Waals surface area contributed by atoms with Crippen LogP contribution in [-0.4, -0.2) is 33.8 Å². The zero-order chi connectivity index (χ0) is 23.7. The number of aliphatic hydroxyl groups excluding tert-OH is 1. The molecule has 4 rings (SSSR count). The van der Waals surface area contributed by atoms with E-state index in [0.29, 0.717) is 27.5 Å². The Morgan fingerprint density at radius 3 is 2.58 bits per heavy atom. The van der Waals surface area contributed by atoms with Crippen LogP contribution in [0.3, 0.4) is 0 Å². The number of hydrogen-bond donors (Lipinski definition) is 1. The Kier molecular flexibility index (Phi) is 6.40. The Labute approximate surface area is 201 Å². The molecule has 6 nitrogen and oxygen atoms in total. The number of aryl methyl sites for hydroxylation is 1. The van der Waals surface area contributed by atoms with E-state index < -0.39 is 17.7 Å². The van der Waals surface area contributed by atoms with Crippen LogP contribution in [0.4, 0.5) is 0 Å². The van der Waals surface area contributed by atoms with Gasteiger partial charge in [0, 0.05) is 34.5 Å². The van der Waals surface area contributed by atoms with Crippen molar-refractivity contribution < 1.29 is 19.4 Å². The molecule has 0 bridgehead atoms. The second-order valence-corrected chi connectivity index (χ2v) is 8.48. The SMILES string of the molecule is COc1ccc(/C(O)=C2\C(=O)C(=O)N(Cc3cccnc3)C2c2ccc(Cl)cc2Cl)c(C)c1. The Hall–Kier alpha value is -3.35. The second kappa shape index (κ2) is 9.25. The van der Waals surface area contributed by atoms with Gasteiger partial charge in [0.25, 0.3) is 11.7 Å². The number of pyridine rings is 1. The Morgan fingerprint density at radius 1 is 1.15 bits per heavy atom. The van der Waals surface area contributed by atoms with Crippen molar-refractivity contribution in [1.82, 2.24) is 9.88 Å². The van der Waals surface area contributed by atoms with Crippen molar-refractivity contribution in [3.05, 3.63) is 98.8 Å². The van der Waals surface area contributed by atoms with E-state index >= 15 is 0 Å². The van der Waals surface area contributed by atoms with E-state index in [4.69, 9.17) is 27.9 Å². The molecule has 1 saturated heterocycles. The number of carbonyl (C=O) groups is 2. The molecule has 0 aliphatic carbocycles. The highest BCUT2D eigenvalue weighted by molar-refractivity contribution is 6.47. The maximum Gasteiger partial charge on any atom is 0.295 e. The van der Waals surface area contributed by atoms with Crippen LogP contribution in [0.2, 0.25) is 10.0 Å². The number of hydrogen-bond acceptors (Lipinski definition) is 5. The van der Waals surface area contributed by atoms with E-state index in [2.05, 4.69) is 4.98 Å². The van der Waals surface area contributed by atoms with Crippen LogP contribution in [-0.2, 0) is 16.1 Å². The van der Waals surface area contributed by atoms with E-state index in [1.807, 2.05) is 0 Å². The third kappa shape index (κ3) is 4.32. The molecule has 168 valence electrons. The molecule has 0 spiro atoms. The summed E-state index contributed by atoms with van der Waals surface area (Å²) in [6.45, 7) is 1.90. The molecule has 1 aliphatic rings. The van der Waals surface area contributed by atoms with Crippen molar-refractivity contribution in [2.45, 2.75) is 19.5 Å². The number of ether oxygens (including phenoxy) is 1. The molecular weight excluding hydrogens is 463 g/mol. The first-order valence-corrected chi connectivity index (χ1v) is 10.8. The van der Waals surface area contributed by atoms with Gasteiger partial charge in [-0.3, -0.25) is 14.6 Å². The number of methoxy groups -OCH3 is 1. The van der Waals surface area contributed by atoms with Crippen LogP contribution in [0.1, 0.15) is 28.3 Å². The topological polar surface area (TPSA) is 79.7 Å². The van der Waals surface area contributed by atoms with Crippen molar-refractivity contribution in [3.8, 4) is 5.75 Å². The minimum absolute atomic E-state index is 0.0404. The van der Waals surface area contributed by atoms with Crippen LogP contribution in [0.5, 0.6) is 5.75 Å². The predicted molar refractivity (Wildman–Crippen MR) is 126 cm³/mol. The van der Waals surface area contributed by atoms with Gasteiger partial charge in [-0.25, -0.2) is 0 Å². The minimum Gasteiger partial charge on any atom is -0.507 e. The Morgan fingerprint density at radius 2 is 1.94 bits per heavy atom. The van der Waals surface area contributed by atoms with Crippen molar-refractivity contribution in [3.63, 3.8) is 0 Å². The summed E-state index contributed by atoms with van der Waals surface area (Å²) in [5.41, 5.74) is 2.28. The molecule has 2 aromatic carbocycles. The van der Waals surface area contributed by atoms with Crippen molar-refractivity contribution >= 4 is 40.7 Å². The molecule has 1 amide bonds. The third-order valence-electron chi connectivity index (χ3n) is 5.56. The zero-order valence-corrected chi connectivity index (χ0v) is 19.4. The molecule has 2 heterocycles. The molecule has 0 radical (unpaired) electrons. The highest BCUT2D eigenvalue weighted by Crippen LogP contribution is 2.43. The quantitative estimate of drug-likeness (QED) is 0.302. The van der Waals surface area contributed by atoms with Gasteiger partial charge in [0.15, 0.2) is 0 Å². The summed E-state index contributed by atoms with van der Waals surface area (Å²) < 4.78 is 5.23. The van der Waals surface area contributed by atoms with E-state index in [9.17, 15) is 14.7 Å². The Balaban J connectivity index is 1.91. The fraction of sp³-hybridized carbons (Fsp3) is 0.160.